The number of hydrogen-bond acceptors (Lipinski definition) is 4. The first-order valence-electron chi connectivity index (χ1n) is 6.23. The molecule has 1 aromatic carbocycles. The molecule has 0 saturated carbocycles. The summed E-state index contributed by atoms with van der Waals surface area (Å²) in [5, 5.41) is 6.34. The number of nitrogens with one attached hydrogen (secondary N) is 1. The summed E-state index contributed by atoms with van der Waals surface area (Å²) < 4.78 is 32.5. The third-order valence-electron chi connectivity index (χ3n) is 3.13. The third-order valence-corrected chi connectivity index (χ3v) is 3.13. The number of halogens is 2. The number of carbonyl (C=O) groups excluding carboxylic acids is 2. The van der Waals surface area contributed by atoms with E-state index in [1.807, 2.05) is 0 Å². The van der Waals surface area contributed by atoms with Gasteiger partial charge in [0.15, 0.2) is 5.69 Å². The highest BCUT2D eigenvalue weighted by atomic mass is 19.1. The van der Waals surface area contributed by atoms with E-state index in [4.69, 9.17) is 0 Å². The smallest absolute Gasteiger partial charge is 0.360 e. The lowest BCUT2D eigenvalue weighted by Gasteiger charge is -2.07. The van der Waals surface area contributed by atoms with Crippen molar-refractivity contribution in [3.05, 3.63) is 46.8 Å². The molecule has 1 amide bonds. The van der Waals surface area contributed by atoms with Gasteiger partial charge >= 0.3 is 5.97 Å². The van der Waals surface area contributed by atoms with Crippen LogP contribution in [0.2, 0.25) is 0 Å². The van der Waals surface area contributed by atoms with E-state index in [0.717, 1.165) is 12.1 Å². The van der Waals surface area contributed by atoms with E-state index in [2.05, 4.69) is 15.2 Å². The highest BCUT2D eigenvalue weighted by Crippen LogP contribution is 2.22. The molecule has 0 spiro atoms. The van der Waals surface area contributed by atoms with Crippen molar-refractivity contribution in [3.63, 3.8) is 0 Å². The minimum atomic E-state index is -1.00. The van der Waals surface area contributed by atoms with Crippen molar-refractivity contribution in [1.29, 1.82) is 0 Å². The van der Waals surface area contributed by atoms with Crippen LogP contribution in [-0.2, 0) is 11.8 Å². The fraction of sp³-hybridized carbons (Fsp3) is 0.214. The third kappa shape index (κ3) is 2.80. The molecule has 1 N–H and O–H groups in total. The van der Waals surface area contributed by atoms with E-state index in [9.17, 15) is 18.4 Å². The summed E-state index contributed by atoms with van der Waals surface area (Å²) in [5.74, 6) is -3.35. The van der Waals surface area contributed by atoms with E-state index in [1.54, 1.807) is 14.0 Å². The molecule has 0 radical (unpaired) electrons. The van der Waals surface area contributed by atoms with Gasteiger partial charge in [-0.25, -0.2) is 13.6 Å². The van der Waals surface area contributed by atoms with Crippen LogP contribution in [0, 0.1) is 18.6 Å². The number of rotatable bonds is 3. The molecule has 0 fully saturated rings. The molecule has 0 saturated heterocycles. The fourth-order valence-corrected chi connectivity index (χ4v) is 1.85. The van der Waals surface area contributed by atoms with Gasteiger partial charge < -0.3 is 10.1 Å². The molecule has 8 heteroatoms. The Bertz CT molecular complexity index is 756. The molecule has 2 aromatic rings. The number of ether oxygens (including phenoxy) is 1. The van der Waals surface area contributed by atoms with E-state index in [-0.39, 0.29) is 16.9 Å². The number of aromatic nitrogens is 2. The number of nitrogens with zero attached hydrogens (tertiary/aromatic N) is 2. The monoisotopic (exact) mass is 309 g/mol. The Labute approximate surface area is 124 Å². The Hall–Kier alpha value is -2.77. The minimum absolute atomic E-state index is 0.0987. The summed E-state index contributed by atoms with van der Waals surface area (Å²) in [7, 11) is 2.76. The van der Waals surface area contributed by atoms with Crippen molar-refractivity contribution in [2.24, 2.45) is 7.05 Å². The van der Waals surface area contributed by atoms with Crippen LogP contribution in [0.5, 0.6) is 0 Å². The summed E-state index contributed by atoms with van der Waals surface area (Å²) in [6.07, 6.45) is 0. The Morgan fingerprint density at radius 2 is 2.00 bits per heavy atom. The van der Waals surface area contributed by atoms with Crippen molar-refractivity contribution in [2.75, 3.05) is 12.4 Å². The van der Waals surface area contributed by atoms with Gasteiger partial charge in [0.05, 0.1) is 24.1 Å². The summed E-state index contributed by atoms with van der Waals surface area (Å²) in [5.41, 5.74) is 0.151. The molecule has 0 aliphatic heterocycles. The van der Waals surface area contributed by atoms with Crippen LogP contribution in [0.4, 0.5) is 14.5 Å². The van der Waals surface area contributed by atoms with Gasteiger partial charge in [-0.05, 0) is 19.1 Å². The first-order chi connectivity index (χ1) is 10.3. The Kier molecular flexibility index (Phi) is 4.20. The van der Waals surface area contributed by atoms with Gasteiger partial charge in [0, 0.05) is 13.1 Å². The number of anilines is 1. The van der Waals surface area contributed by atoms with Crippen molar-refractivity contribution in [3.8, 4) is 0 Å². The van der Waals surface area contributed by atoms with Crippen LogP contribution in [0.15, 0.2) is 18.2 Å². The maximum Gasteiger partial charge on any atom is 0.360 e. The molecular formula is C14H13F2N3O3. The van der Waals surface area contributed by atoms with Gasteiger partial charge in [0.25, 0.3) is 5.91 Å². The van der Waals surface area contributed by atoms with Crippen LogP contribution in [0.25, 0.3) is 0 Å². The zero-order valence-electron chi connectivity index (χ0n) is 12.1. The first kappa shape index (κ1) is 15.6. The summed E-state index contributed by atoms with van der Waals surface area (Å²) >= 11 is 0. The lowest BCUT2D eigenvalue weighted by atomic mass is 10.2. The second-order valence-corrected chi connectivity index (χ2v) is 4.50. The molecule has 2 rings (SSSR count). The molecule has 0 aliphatic rings. The zero-order chi connectivity index (χ0) is 16.4. The van der Waals surface area contributed by atoms with E-state index < -0.39 is 23.5 Å². The number of carbonyl (C=O) groups is 2. The van der Waals surface area contributed by atoms with Gasteiger partial charge in [-0.2, -0.15) is 5.10 Å². The van der Waals surface area contributed by atoms with Crippen LogP contribution in [0.3, 0.4) is 0 Å². The molecule has 0 bridgehead atoms. The molecule has 22 heavy (non-hydrogen) atoms. The summed E-state index contributed by atoms with van der Waals surface area (Å²) in [6.45, 7) is 1.62. The molecule has 116 valence electrons. The predicted octanol–water partition coefficient (Wildman–Crippen LogP) is 2.05. The predicted molar refractivity (Wildman–Crippen MR) is 73.6 cm³/mol. The van der Waals surface area contributed by atoms with Gasteiger partial charge in [-0.15, -0.1) is 0 Å². The molecule has 6 nitrogen and oxygen atoms in total. The number of aryl methyl sites for hydroxylation is 1. The molecule has 0 unspecified atom stereocenters. The number of methoxy groups -OCH3 is 1. The Balaban J connectivity index is 2.38. The van der Waals surface area contributed by atoms with Gasteiger partial charge in [-0.1, -0.05) is 0 Å². The molecule has 0 atom stereocenters. The second-order valence-electron chi connectivity index (χ2n) is 4.50. The average molecular weight is 309 g/mol. The largest absolute Gasteiger partial charge is 0.464 e. The van der Waals surface area contributed by atoms with Gasteiger partial charge in [-0.3, -0.25) is 9.48 Å². The van der Waals surface area contributed by atoms with E-state index in [1.165, 1.54) is 11.8 Å². The lowest BCUT2D eigenvalue weighted by molar-refractivity contribution is 0.0594. The molecule has 0 aliphatic carbocycles. The van der Waals surface area contributed by atoms with Crippen LogP contribution < -0.4 is 5.32 Å². The SMILES string of the molecule is COC(=O)c1nn(C)c(C)c1NC(=O)c1ccc(F)cc1F. The lowest BCUT2D eigenvalue weighted by Crippen LogP contribution is -2.17. The maximum atomic E-state index is 13.6. The highest BCUT2D eigenvalue weighted by molar-refractivity contribution is 6.08. The number of amides is 1. The molecular weight excluding hydrogens is 296 g/mol. The minimum Gasteiger partial charge on any atom is -0.464 e. The number of esters is 1. The molecule has 1 aromatic heterocycles. The number of hydrogen-bond donors (Lipinski definition) is 1. The highest BCUT2D eigenvalue weighted by Gasteiger charge is 2.23. The Morgan fingerprint density at radius 1 is 1.32 bits per heavy atom. The van der Waals surface area contributed by atoms with E-state index in [0.29, 0.717) is 11.8 Å². The Morgan fingerprint density at radius 3 is 2.59 bits per heavy atom. The van der Waals surface area contributed by atoms with E-state index >= 15 is 0 Å². The quantitative estimate of drug-likeness (QED) is 0.881. The standard InChI is InChI=1S/C14H13F2N3O3/c1-7-11(12(14(21)22-3)18-19(7)2)17-13(20)9-5-4-8(15)6-10(9)16/h4-6H,1-3H3,(H,17,20). The van der Waals surface area contributed by atoms with Gasteiger partial charge in [0.1, 0.15) is 11.6 Å². The normalized spacial score (nSPS) is 10.4. The maximum absolute atomic E-state index is 13.6. The topological polar surface area (TPSA) is 73.2 Å². The first-order valence-corrected chi connectivity index (χ1v) is 6.23. The van der Waals surface area contributed by atoms with Crippen molar-refractivity contribution < 1.29 is 23.1 Å². The zero-order valence-corrected chi connectivity index (χ0v) is 12.1. The summed E-state index contributed by atoms with van der Waals surface area (Å²) in [6, 6.07) is 2.59. The van der Waals surface area contributed by atoms with Crippen molar-refractivity contribution in [2.45, 2.75) is 6.92 Å². The van der Waals surface area contributed by atoms with Crippen LogP contribution in [-0.4, -0.2) is 28.8 Å². The number of benzene rings is 1. The van der Waals surface area contributed by atoms with Crippen molar-refractivity contribution in [1.82, 2.24) is 9.78 Å². The second kappa shape index (κ2) is 5.92. The van der Waals surface area contributed by atoms with Crippen LogP contribution >= 0.6 is 0 Å². The fourth-order valence-electron chi connectivity index (χ4n) is 1.85. The van der Waals surface area contributed by atoms with Gasteiger partial charge in [0.2, 0.25) is 0 Å². The van der Waals surface area contributed by atoms with Crippen molar-refractivity contribution >= 4 is 17.6 Å². The molecule has 1 heterocycles. The summed E-state index contributed by atoms with van der Waals surface area (Å²) in [4.78, 5) is 23.8. The average Bonchev–Trinajstić information content (AvgIpc) is 2.74. The van der Waals surface area contributed by atoms with Crippen LogP contribution in [0.1, 0.15) is 26.5 Å².